The van der Waals surface area contributed by atoms with Gasteiger partial charge in [0, 0.05) is 18.5 Å². The average Bonchev–Trinajstić information content (AvgIpc) is 3.11. The average molecular weight is 374 g/mol. The number of carbonyl (C=O) groups is 3. The number of hydrogen-bond donors (Lipinski definition) is 1. The van der Waals surface area contributed by atoms with Crippen LogP contribution in [0.1, 0.15) is 45.6 Å². The first kappa shape index (κ1) is 20.9. The summed E-state index contributed by atoms with van der Waals surface area (Å²) < 4.78 is 5.27. The highest BCUT2D eigenvalue weighted by Crippen LogP contribution is 2.22. The summed E-state index contributed by atoms with van der Waals surface area (Å²) in [7, 11) is 0. The Labute approximate surface area is 161 Å². The predicted octanol–water partition coefficient (Wildman–Crippen LogP) is 2.95. The Morgan fingerprint density at radius 2 is 1.89 bits per heavy atom. The third kappa shape index (κ3) is 6.38. The van der Waals surface area contributed by atoms with Crippen molar-refractivity contribution >= 4 is 17.8 Å². The number of benzene rings is 1. The molecule has 2 amide bonds. The number of amides is 2. The van der Waals surface area contributed by atoms with E-state index >= 15 is 0 Å². The van der Waals surface area contributed by atoms with Crippen LogP contribution in [-0.2, 0) is 20.7 Å². The summed E-state index contributed by atoms with van der Waals surface area (Å²) in [5, 5.41) is 2.74. The number of alkyl carbamates (subject to hydrolysis) is 1. The molecule has 1 N–H and O–H groups in total. The quantitative estimate of drug-likeness (QED) is 0.588. The summed E-state index contributed by atoms with van der Waals surface area (Å²) in [4.78, 5) is 38.1. The van der Waals surface area contributed by atoms with Crippen molar-refractivity contribution in [3.63, 3.8) is 0 Å². The minimum Gasteiger partial charge on any atom is -0.447 e. The van der Waals surface area contributed by atoms with Crippen molar-refractivity contribution in [2.75, 3.05) is 19.7 Å². The fraction of sp³-hybridized carbons (Fsp3) is 0.571. The molecule has 0 aliphatic carbocycles. The number of nitrogens with one attached hydrogen (secondary N) is 1. The van der Waals surface area contributed by atoms with Crippen LogP contribution in [-0.4, -0.2) is 48.4 Å². The molecule has 0 unspecified atom stereocenters. The van der Waals surface area contributed by atoms with Gasteiger partial charge in [0.1, 0.15) is 6.61 Å². The van der Waals surface area contributed by atoms with E-state index in [1.165, 1.54) is 5.56 Å². The van der Waals surface area contributed by atoms with E-state index in [0.717, 1.165) is 25.7 Å². The number of carbonyl (C=O) groups excluding carboxylic acids is 3. The Bertz CT molecular complexity index is 652. The zero-order valence-corrected chi connectivity index (χ0v) is 16.5. The second kappa shape index (κ2) is 9.53. The SMILES string of the molecule is CC(C)(C)C(=O)C(=O)N1CCC[C@H]1COC(=O)NCCCc1ccccc1. The third-order valence-electron chi connectivity index (χ3n) is 4.67. The van der Waals surface area contributed by atoms with Gasteiger partial charge in [0.25, 0.3) is 5.91 Å². The molecule has 148 valence electrons. The topological polar surface area (TPSA) is 75.7 Å². The normalized spacial score (nSPS) is 16.9. The fourth-order valence-corrected chi connectivity index (χ4v) is 3.08. The van der Waals surface area contributed by atoms with Crippen LogP contribution in [0.15, 0.2) is 30.3 Å². The first-order valence-electron chi connectivity index (χ1n) is 9.59. The van der Waals surface area contributed by atoms with E-state index in [1.54, 1.807) is 25.7 Å². The van der Waals surface area contributed by atoms with E-state index in [1.807, 2.05) is 18.2 Å². The molecule has 0 aromatic heterocycles. The van der Waals surface area contributed by atoms with Gasteiger partial charge >= 0.3 is 6.09 Å². The zero-order chi connectivity index (χ0) is 19.9. The van der Waals surface area contributed by atoms with Crippen molar-refractivity contribution in [1.82, 2.24) is 10.2 Å². The first-order chi connectivity index (χ1) is 12.8. The minimum absolute atomic E-state index is 0.119. The van der Waals surface area contributed by atoms with Crippen LogP contribution in [0.5, 0.6) is 0 Å². The molecule has 1 saturated heterocycles. The smallest absolute Gasteiger partial charge is 0.407 e. The van der Waals surface area contributed by atoms with Crippen molar-refractivity contribution in [1.29, 1.82) is 0 Å². The van der Waals surface area contributed by atoms with Gasteiger partial charge in [0.05, 0.1) is 6.04 Å². The molecule has 0 spiro atoms. The number of rotatable bonds is 7. The molecule has 1 aliphatic heterocycles. The lowest BCUT2D eigenvalue weighted by Gasteiger charge is -2.26. The Morgan fingerprint density at radius 1 is 1.19 bits per heavy atom. The highest BCUT2D eigenvalue weighted by molar-refractivity contribution is 6.37. The summed E-state index contributed by atoms with van der Waals surface area (Å²) in [6.07, 6.45) is 2.79. The van der Waals surface area contributed by atoms with Gasteiger partial charge in [0.15, 0.2) is 0 Å². The Kier molecular flexibility index (Phi) is 7.39. The van der Waals surface area contributed by atoms with E-state index in [-0.39, 0.29) is 12.6 Å². The molecular formula is C21H30N2O4. The molecule has 1 atom stereocenters. The van der Waals surface area contributed by atoms with Gasteiger partial charge in [0.2, 0.25) is 5.78 Å². The molecule has 0 saturated carbocycles. The minimum atomic E-state index is -0.707. The van der Waals surface area contributed by atoms with E-state index in [4.69, 9.17) is 4.74 Å². The lowest BCUT2D eigenvalue weighted by atomic mass is 9.90. The number of Topliss-reactive ketones (excluding diaryl/α,β-unsaturated/α-hetero) is 1. The van der Waals surface area contributed by atoms with Gasteiger partial charge in [-0.15, -0.1) is 0 Å². The Hall–Kier alpha value is -2.37. The first-order valence-corrected chi connectivity index (χ1v) is 9.59. The molecule has 1 aromatic rings. The Morgan fingerprint density at radius 3 is 2.56 bits per heavy atom. The summed E-state index contributed by atoms with van der Waals surface area (Å²) in [5.74, 6) is -0.878. The highest BCUT2D eigenvalue weighted by atomic mass is 16.5. The lowest BCUT2D eigenvalue weighted by Crippen LogP contribution is -2.46. The van der Waals surface area contributed by atoms with E-state index in [2.05, 4.69) is 17.4 Å². The maximum absolute atomic E-state index is 12.4. The number of nitrogens with zero attached hydrogens (tertiary/aromatic N) is 1. The summed E-state index contributed by atoms with van der Waals surface area (Å²) >= 11 is 0. The van der Waals surface area contributed by atoms with Gasteiger partial charge in [-0.2, -0.15) is 0 Å². The molecular weight excluding hydrogens is 344 g/mol. The lowest BCUT2D eigenvalue weighted by molar-refractivity contribution is -0.149. The zero-order valence-electron chi connectivity index (χ0n) is 16.5. The van der Waals surface area contributed by atoms with Crippen LogP contribution in [0.25, 0.3) is 0 Å². The standard InChI is InChI=1S/C21H30N2O4/c1-21(2,3)18(24)19(25)23-14-8-12-17(23)15-27-20(26)22-13-7-11-16-9-5-4-6-10-16/h4-6,9-10,17H,7-8,11-15H2,1-3H3,(H,22,26)/t17-/m0/s1. The van der Waals surface area contributed by atoms with Gasteiger partial charge in [-0.05, 0) is 31.2 Å². The van der Waals surface area contributed by atoms with Gasteiger partial charge in [-0.3, -0.25) is 9.59 Å². The van der Waals surface area contributed by atoms with Crippen LogP contribution in [0, 0.1) is 5.41 Å². The summed E-state index contributed by atoms with van der Waals surface area (Å²) in [6, 6.07) is 9.86. The van der Waals surface area contributed by atoms with Gasteiger partial charge in [-0.25, -0.2) is 4.79 Å². The van der Waals surface area contributed by atoms with Crippen LogP contribution >= 0.6 is 0 Å². The van der Waals surface area contributed by atoms with E-state index in [0.29, 0.717) is 13.1 Å². The number of hydrogen-bond acceptors (Lipinski definition) is 4. The van der Waals surface area contributed by atoms with Crippen LogP contribution < -0.4 is 5.32 Å². The van der Waals surface area contributed by atoms with Crippen molar-refractivity contribution in [2.45, 2.75) is 52.5 Å². The van der Waals surface area contributed by atoms with Crippen molar-refractivity contribution < 1.29 is 19.1 Å². The molecule has 6 heteroatoms. The molecule has 1 heterocycles. The molecule has 27 heavy (non-hydrogen) atoms. The number of ketones is 1. The van der Waals surface area contributed by atoms with E-state index in [9.17, 15) is 14.4 Å². The molecule has 1 aliphatic rings. The van der Waals surface area contributed by atoms with Crippen molar-refractivity contribution in [3.05, 3.63) is 35.9 Å². The number of aryl methyl sites for hydroxylation is 1. The monoisotopic (exact) mass is 374 g/mol. The van der Waals surface area contributed by atoms with Crippen molar-refractivity contribution in [2.24, 2.45) is 5.41 Å². The van der Waals surface area contributed by atoms with Crippen molar-refractivity contribution in [3.8, 4) is 0 Å². The number of ether oxygens (including phenoxy) is 1. The van der Waals surface area contributed by atoms with Crippen LogP contribution in [0.4, 0.5) is 4.79 Å². The van der Waals surface area contributed by atoms with Crippen LogP contribution in [0.2, 0.25) is 0 Å². The van der Waals surface area contributed by atoms with Crippen LogP contribution in [0.3, 0.4) is 0 Å². The Balaban J connectivity index is 1.70. The second-order valence-corrected chi connectivity index (χ2v) is 7.99. The molecule has 0 bridgehead atoms. The highest BCUT2D eigenvalue weighted by Gasteiger charge is 2.37. The molecule has 1 aromatic carbocycles. The van der Waals surface area contributed by atoms with Gasteiger partial charge in [-0.1, -0.05) is 51.1 Å². The maximum Gasteiger partial charge on any atom is 0.407 e. The third-order valence-corrected chi connectivity index (χ3v) is 4.67. The molecule has 6 nitrogen and oxygen atoms in total. The van der Waals surface area contributed by atoms with Gasteiger partial charge < -0.3 is 15.0 Å². The van der Waals surface area contributed by atoms with E-state index < -0.39 is 23.2 Å². The second-order valence-electron chi connectivity index (χ2n) is 7.99. The largest absolute Gasteiger partial charge is 0.447 e. The number of likely N-dealkylation sites (tertiary alicyclic amines) is 1. The molecule has 0 radical (unpaired) electrons. The summed E-state index contributed by atoms with van der Waals surface area (Å²) in [5.41, 5.74) is 0.526. The predicted molar refractivity (Wildman–Crippen MR) is 103 cm³/mol. The summed E-state index contributed by atoms with van der Waals surface area (Å²) in [6.45, 7) is 6.39. The molecule has 1 fully saturated rings. The fourth-order valence-electron chi connectivity index (χ4n) is 3.08. The maximum atomic E-state index is 12.4. The molecule has 2 rings (SSSR count).